The van der Waals surface area contributed by atoms with Crippen molar-refractivity contribution < 1.29 is 135 Å². The van der Waals surface area contributed by atoms with Gasteiger partial charge in [-0.1, -0.05) is 0 Å². The monoisotopic (exact) mass is 1830 g/mol. The molecule has 0 aliphatic rings. The largest absolute Gasteiger partial charge is 0.503 e. The Bertz CT molecular complexity index is 508. The maximum atomic E-state index is 8.56. The van der Waals surface area contributed by atoms with Crippen molar-refractivity contribution in [2.24, 2.45) is 0 Å². The van der Waals surface area contributed by atoms with Crippen molar-refractivity contribution in [1.29, 1.82) is 0 Å². The van der Waals surface area contributed by atoms with Crippen molar-refractivity contribution in [3.8, 4) is 0 Å². The molecule has 0 amide bonds. The molecule has 102 nitrogen and oxygen atoms in total. The molecule has 0 aliphatic heterocycles. The third-order valence-electron chi connectivity index (χ3n) is 0. The van der Waals surface area contributed by atoms with Gasteiger partial charge in [0.25, 0.3) is 0 Å². The minimum atomic E-state index is -1.83. The lowest BCUT2D eigenvalue weighted by Crippen LogP contribution is -1.81. The minimum Gasteiger partial charge on any atom is -0.450 e. The van der Waals surface area contributed by atoms with Crippen LogP contribution in [0.2, 0.25) is 0 Å². The Labute approximate surface area is 652 Å². The van der Waals surface area contributed by atoms with Crippen LogP contribution in [0.4, 0.5) is 43.2 Å². The predicted molar refractivity (Wildman–Crippen MR) is 473 cm³/mol. The van der Waals surface area contributed by atoms with Crippen LogP contribution in [0.15, 0.2) is 0 Å². The Morgan fingerprint density at radius 1 is 0.0631 bits per heavy atom. The number of rotatable bonds is 0. The molecule has 816 valence electrons. The quantitative estimate of drug-likeness (QED) is 0.107. The number of hydrogen-bond donors (Lipinski definition) is 93. The highest BCUT2D eigenvalue weighted by Gasteiger charge is 1.73. The summed E-state index contributed by atoms with van der Waals surface area (Å²) in [6.45, 7) is 0. The second-order valence-electron chi connectivity index (χ2n) is 2.54. The van der Waals surface area contributed by atoms with E-state index in [-0.39, 0.29) is 461 Å². The SMILES string of the molecule is N.N.N.N.N.N.N.N.N.N.N.N.N.N.N.N.N.N.N.N.N.N.N.N.N.N.N.N.N.N.N.N.N.N.N.N.N.N.N.N.N.N.N.N.N.N.N.N.N.N.N.N.N.N.N.N.N.N.N.N.N.N.N.N.N.N.N.N.N.N.N.N.N.N.N.O=C(O)O.O=C(O)O.O=C(O)O.O=C(O)O.O=C(O)O.O=C(O)O.O=C(O)O.O=C(O)O.O=C(O)O. The lowest BCUT2D eigenvalue weighted by atomic mass is 11.5. The fraction of sp³-hybridized carbons (Fsp3) is 0. The Morgan fingerprint density at radius 3 is 0.0631 bits per heavy atom. The summed E-state index contributed by atoms with van der Waals surface area (Å²) in [4.78, 5) is 77.0. The molecule has 0 saturated heterocycles. The molecule has 0 rings (SSSR count). The summed E-state index contributed by atoms with van der Waals surface area (Å²) in [6, 6.07) is 0. The van der Waals surface area contributed by atoms with Gasteiger partial charge in [0.05, 0.1) is 0 Å². The van der Waals surface area contributed by atoms with Gasteiger partial charge in [0, 0.05) is 0 Å². The minimum absolute atomic E-state index is 0. The Kier molecular flexibility index (Phi) is 99100. The smallest absolute Gasteiger partial charge is 0.450 e. The molecule has 0 bridgehead atoms. The molecule has 0 atom stereocenters. The van der Waals surface area contributed by atoms with E-state index in [0.29, 0.717) is 0 Å². The van der Waals surface area contributed by atoms with E-state index in [9.17, 15) is 0 Å². The molecule has 111 heavy (non-hydrogen) atoms. The van der Waals surface area contributed by atoms with Crippen LogP contribution in [0, 0.1) is 0 Å². The van der Waals surface area contributed by atoms with Crippen LogP contribution in [0.5, 0.6) is 0 Å². The Hall–Kier alpha value is -9.57. The van der Waals surface area contributed by atoms with Gasteiger partial charge < -0.3 is 553 Å². The average Bonchev–Trinajstić information content (AvgIpc) is 2.39. The molecule has 0 spiro atoms. The van der Waals surface area contributed by atoms with Gasteiger partial charge in [-0.2, -0.15) is 0 Å². The highest BCUT2D eigenvalue weighted by atomic mass is 16.6. The zero-order chi connectivity index (χ0) is 32.2. The molecule has 0 fully saturated rings. The van der Waals surface area contributed by atoms with E-state index in [0.717, 1.165) is 0 Å². The van der Waals surface area contributed by atoms with Gasteiger partial charge in [-0.15, -0.1) is 0 Å². The van der Waals surface area contributed by atoms with Crippen molar-refractivity contribution in [1.82, 2.24) is 461 Å². The first-order valence-corrected chi connectivity index (χ1v) is 5.86. The fourth-order valence-electron chi connectivity index (χ4n) is 0. The van der Waals surface area contributed by atoms with E-state index in [1.807, 2.05) is 0 Å². The Balaban J connectivity index is -0.000000000831. The van der Waals surface area contributed by atoms with Crippen LogP contribution < -0.4 is 461 Å². The normalized spacial score (nSPS) is 1.95. The molecule has 0 heterocycles. The van der Waals surface area contributed by atoms with Crippen LogP contribution in [-0.2, 0) is 0 Å². The third kappa shape index (κ3) is 10600. The second-order valence-corrected chi connectivity index (χ2v) is 2.54. The predicted octanol–water partition coefficient (Wildman–Crippen LogP) is 14.2. The van der Waals surface area contributed by atoms with Gasteiger partial charge in [0.1, 0.15) is 0 Å². The first-order chi connectivity index (χ1) is 15.6. The maximum absolute atomic E-state index is 8.56. The zero-order valence-electron chi connectivity index (χ0n) is 69.3. The van der Waals surface area contributed by atoms with Crippen LogP contribution in [0.1, 0.15) is 0 Å². The highest BCUT2D eigenvalue weighted by molar-refractivity contribution is 5.55. The van der Waals surface area contributed by atoms with E-state index in [2.05, 4.69) is 0 Å². The van der Waals surface area contributed by atoms with Gasteiger partial charge in [0.15, 0.2) is 0 Å². The first kappa shape index (κ1) is 3370. The van der Waals surface area contributed by atoms with Crippen molar-refractivity contribution >= 4 is 55.4 Å². The highest BCUT2D eigenvalue weighted by Crippen LogP contribution is 1.46. The van der Waals surface area contributed by atoms with Crippen LogP contribution >= 0.6 is 0 Å². The topological polar surface area (TPSA) is 3140 Å². The van der Waals surface area contributed by atoms with E-state index >= 15 is 0 Å². The number of carbonyl (C=O) groups is 9. The van der Waals surface area contributed by atoms with Gasteiger partial charge in [-0.25, -0.2) is 43.2 Å². The summed E-state index contributed by atoms with van der Waals surface area (Å²) in [7, 11) is 0. The summed E-state index contributed by atoms with van der Waals surface area (Å²) < 4.78 is 0. The van der Waals surface area contributed by atoms with E-state index in [1.165, 1.54) is 0 Å². The van der Waals surface area contributed by atoms with Crippen molar-refractivity contribution in [3.05, 3.63) is 0 Å². The first-order valence-electron chi connectivity index (χ1n) is 5.86. The van der Waals surface area contributed by atoms with E-state index < -0.39 is 55.4 Å². The summed E-state index contributed by atoms with van der Waals surface area (Å²) in [6.07, 6.45) is -16.5. The molecule has 0 aliphatic carbocycles. The standard InChI is InChI=1S/9CH2O3.75H3N/c9*2-1(3)4;;;;;;;;;;;;;;;;;;;;;;;;;;;;;;;;;;;;;;;;;;;;;;;;;;;;;;;;;;;;;;;;;;;;;;;;;;;/h9*(H2,2,3,4);75*1H3. The number of carboxylic acid groups (broad SMARTS) is 18. The molecule has 0 aromatic heterocycles. The van der Waals surface area contributed by atoms with Crippen LogP contribution in [0.25, 0.3) is 0 Å². The van der Waals surface area contributed by atoms with Gasteiger partial charge in [-0.05, 0) is 0 Å². The summed E-state index contributed by atoms with van der Waals surface area (Å²) in [5.74, 6) is 0. The van der Waals surface area contributed by atoms with Crippen LogP contribution in [-0.4, -0.2) is 147 Å². The molecule has 0 saturated carbocycles. The number of hydrogen-bond acceptors (Lipinski definition) is 84. The van der Waals surface area contributed by atoms with E-state index in [1.54, 1.807) is 0 Å². The molecule has 0 unspecified atom stereocenters. The van der Waals surface area contributed by atoms with Crippen molar-refractivity contribution in [2.75, 3.05) is 0 Å². The third-order valence-corrected chi connectivity index (χ3v) is 0. The lowest BCUT2D eigenvalue weighted by molar-refractivity contribution is 0.135. The van der Waals surface area contributed by atoms with Crippen molar-refractivity contribution in [3.63, 3.8) is 0 Å². The van der Waals surface area contributed by atoms with Gasteiger partial charge in [-0.3, -0.25) is 0 Å². The molecule has 0 aromatic carbocycles. The molecule has 0 aromatic rings. The van der Waals surface area contributed by atoms with Crippen LogP contribution in [0.3, 0.4) is 0 Å². The summed E-state index contributed by atoms with van der Waals surface area (Å²) >= 11 is 0. The zero-order valence-corrected chi connectivity index (χ0v) is 69.3. The summed E-state index contributed by atoms with van der Waals surface area (Å²) in [5.41, 5.74) is 0. The van der Waals surface area contributed by atoms with Gasteiger partial charge >= 0.3 is 55.4 Å². The Morgan fingerprint density at radius 2 is 0.0631 bits per heavy atom. The molecule has 0 radical (unpaired) electrons. The molecule has 243 N–H and O–H groups in total. The van der Waals surface area contributed by atoms with E-state index in [4.69, 9.17) is 135 Å². The van der Waals surface area contributed by atoms with Crippen molar-refractivity contribution in [2.45, 2.75) is 0 Å². The fourth-order valence-corrected chi connectivity index (χ4v) is 0. The maximum Gasteiger partial charge on any atom is 0.503 e. The summed E-state index contributed by atoms with van der Waals surface area (Å²) in [5, 5.41) is 126. The van der Waals surface area contributed by atoms with Gasteiger partial charge in [0.2, 0.25) is 0 Å². The molecular formula is C9H243N75O27. The molecule has 102 heteroatoms. The molecular weight excluding hydrogens is 1590 g/mol. The second kappa shape index (κ2) is 3270. The average molecular weight is 1840 g/mol. The lowest BCUT2D eigenvalue weighted by Gasteiger charge is -1.60.